The number of amides is 1. The Morgan fingerprint density at radius 2 is 1.73 bits per heavy atom. The van der Waals surface area contributed by atoms with Crippen LogP contribution in [0.5, 0.6) is 0 Å². The van der Waals surface area contributed by atoms with E-state index >= 15 is 0 Å². The van der Waals surface area contributed by atoms with Gasteiger partial charge in [-0.25, -0.2) is 13.2 Å². The number of nitrogens with one attached hydrogen (secondary N) is 1. The van der Waals surface area contributed by atoms with Gasteiger partial charge in [0.25, 0.3) is 0 Å². The number of sulfone groups is 1. The number of carbonyl (C=O) groups excluding carboxylic acids is 1. The fourth-order valence-electron chi connectivity index (χ4n) is 3.24. The van der Waals surface area contributed by atoms with Crippen molar-refractivity contribution >= 4 is 21.7 Å². The zero-order valence-electron chi connectivity index (χ0n) is 14.0. The van der Waals surface area contributed by atoms with Crippen molar-refractivity contribution in [1.82, 2.24) is 5.32 Å². The topological polar surface area (TPSA) is 101 Å². The van der Waals surface area contributed by atoms with E-state index in [9.17, 15) is 23.1 Å². The van der Waals surface area contributed by atoms with E-state index in [0.29, 0.717) is 5.56 Å². The summed E-state index contributed by atoms with van der Waals surface area (Å²) in [6, 6.07) is 14.6. The number of fused-ring (bicyclic) bond motifs is 1. The number of hydrogen-bond acceptors (Lipinski definition) is 4. The van der Waals surface area contributed by atoms with Crippen LogP contribution in [0.3, 0.4) is 0 Å². The van der Waals surface area contributed by atoms with Crippen molar-refractivity contribution in [2.45, 2.75) is 29.7 Å². The van der Waals surface area contributed by atoms with E-state index in [1.54, 1.807) is 42.5 Å². The van der Waals surface area contributed by atoms with Crippen molar-refractivity contribution in [3.05, 3.63) is 65.7 Å². The van der Waals surface area contributed by atoms with Crippen LogP contribution in [0.15, 0.2) is 59.5 Å². The van der Waals surface area contributed by atoms with E-state index in [1.165, 1.54) is 6.07 Å². The van der Waals surface area contributed by atoms with Crippen LogP contribution < -0.4 is 5.32 Å². The van der Waals surface area contributed by atoms with E-state index in [1.807, 2.05) is 6.07 Å². The van der Waals surface area contributed by atoms with Gasteiger partial charge in [0.05, 0.1) is 10.6 Å². The molecule has 0 spiro atoms. The predicted octanol–water partition coefficient (Wildman–Crippen LogP) is 1.76. The van der Waals surface area contributed by atoms with Gasteiger partial charge in [-0.15, -0.1) is 0 Å². The fourth-order valence-corrected chi connectivity index (χ4v) is 5.13. The standard InChI is InChI=1S/C19H19NO5S/c21-18(20-16(19(22)23)10-13-6-2-1-3-7-13)11-14-12-26(24,25)17-9-5-4-8-15(14)17/h1-9,14,16H,10-12H2,(H,20,21)(H,22,23). The Balaban J connectivity index is 1.69. The molecule has 6 nitrogen and oxygen atoms in total. The molecule has 2 N–H and O–H groups in total. The van der Waals surface area contributed by atoms with Gasteiger partial charge in [-0.1, -0.05) is 48.5 Å². The Bertz CT molecular complexity index is 924. The molecular formula is C19H19NO5S. The molecule has 7 heteroatoms. The van der Waals surface area contributed by atoms with E-state index in [4.69, 9.17) is 0 Å². The van der Waals surface area contributed by atoms with Gasteiger partial charge < -0.3 is 10.4 Å². The SMILES string of the molecule is O=C(CC1CS(=O)(=O)c2ccccc21)NC(Cc1ccccc1)C(=O)O. The highest BCUT2D eigenvalue weighted by Gasteiger charge is 2.35. The third-order valence-corrected chi connectivity index (χ3v) is 6.35. The lowest BCUT2D eigenvalue weighted by Crippen LogP contribution is -2.42. The highest BCUT2D eigenvalue weighted by atomic mass is 32.2. The van der Waals surface area contributed by atoms with E-state index < -0.39 is 33.7 Å². The lowest BCUT2D eigenvalue weighted by Gasteiger charge is -2.16. The first-order valence-corrected chi connectivity index (χ1v) is 9.90. The Labute approximate surface area is 151 Å². The minimum atomic E-state index is -3.39. The highest BCUT2D eigenvalue weighted by molar-refractivity contribution is 7.91. The smallest absolute Gasteiger partial charge is 0.326 e. The monoisotopic (exact) mass is 373 g/mol. The van der Waals surface area contributed by atoms with Gasteiger partial charge in [0.1, 0.15) is 6.04 Å². The summed E-state index contributed by atoms with van der Waals surface area (Å²) in [6.45, 7) is 0. The summed E-state index contributed by atoms with van der Waals surface area (Å²) in [5.41, 5.74) is 1.42. The first-order valence-electron chi connectivity index (χ1n) is 8.24. The summed E-state index contributed by atoms with van der Waals surface area (Å²) in [5.74, 6) is -2.18. The third-order valence-electron chi connectivity index (χ3n) is 4.46. The van der Waals surface area contributed by atoms with Gasteiger partial charge in [0.2, 0.25) is 5.91 Å². The largest absolute Gasteiger partial charge is 0.480 e. The molecular weight excluding hydrogens is 354 g/mol. The van der Waals surface area contributed by atoms with Crippen molar-refractivity contribution in [2.24, 2.45) is 0 Å². The fraction of sp³-hybridized carbons (Fsp3) is 0.263. The molecule has 0 radical (unpaired) electrons. The van der Waals surface area contributed by atoms with Crippen LogP contribution >= 0.6 is 0 Å². The summed E-state index contributed by atoms with van der Waals surface area (Å²) < 4.78 is 24.4. The Morgan fingerprint density at radius 1 is 1.08 bits per heavy atom. The number of rotatable bonds is 6. The maximum Gasteiger partial charge on any atom is 0.326 e. The number of hydrogen-bond donors (Lipinski definition) is 2. The highest BCUT2D eigenvalue weighted by Crippen LogP contribution is 2.36. The average Bonchev–Trinajstić information content (AvgIpc) is 2.86. The van der Waals surface area contributed by atoms with Gasteiger partial charge >= 0.3 is 5.97 Å². The van der Waals surface area contributed by atoms with Crippen LogP contribution in [0, 0.1) is 0 Å². The Kier molecular flexibility index (Phi) is 5.08. The molecule has 1 heterocycles. The third kappa shape index (κ3) is 3.94. The number of benzene rings is 2. The second-order valence-electron chi connectivity index (χ2n) is 6.37. The first-order chi connectivity index (χ1) is 12.4. The summed E-state index contributed by atoms with van der Waals surface area (Å²) in [4.78, 5) is 24.1. The second kappa shape index (κ2) is 7.29. The molecule has 2 aromatic rings. The van der Waals surface area contributed by atoms with Crippen molar-refractivity contribution in [3.63, 3.8) is 0 Å². The van der Waals surface area contributed by atoms with E-state index in [0.717, 1.165) is 5.56 Å². The molecule has 2 atom stereocenters. The molecule has 1 aliphatic heterocycles. The maximum absolute atomic E-state index is 12.4. The molecule has 2 unspecified atom stereocenters. The molecule has 3 rings (SSSR count). The molecule has 1 aliphatic rings. The molecule has 2 aromatic carbocycles. The number of carboxylic acid groups (broad SMARTS) is 1. The first kappa shape index (κ1) is 18.1. The molecule has 26 heavy (non-hydrogen) atoms. The van der Waals surface area contributed by atoms with Gasteiger partial charge in [-0.05, 0) is 17.2 Å². The minimum absolute atomic E-state index is 0.0607. The van der Waals surface area contributed by atoms with Crippen molar-refractivity contribution in [1.29, 1.82) is 0 Å². The Morgan fingerprint density at radius 3 is 2.42 bits per heavy atom. The molecule has 0 bridgehead atoms. The van der Waals surface area contributed by atoms with E-state index in [-0.39, 0.29) is 23.5 Å². The summed E-state index contributed by atoms with van der Waals surface area (Å²) in [5, 5.41) is 11.9. The summed E-state index contributed by atoms with van der Waals surface area (Å²) in [7, 11) is -3.39. The van der Waals surface area contributed by atoms with Crippen LogP contribution in [-0.2, 0) is 25.8 Å². The molecule has 136 valence electrons. The normalized spacial score (nSPS) is 18.7. The van der Waals surface area contributed by atoms with Crippen LogP contribution in [-0.4, -0.2) is 37.2 Å². The van der Waals surface area contributed by atoms with Gasteiger partial charge in [-0.3, -0.25) is 4.79 Å². The molecule has 0 aromatic heterocycles. The van der Waals surface area contributed by atoms with Crippen LogP contribution in [0.4, 0.5) is 0 Å². The lowest BCUT2D eigenvalue weighted by atomic mass is 9.97. The predicted molar refractivity (Wildman–Crippen MR) is 95.6 cm³/mol. The van der Waals surface area contributed by atoms with Crippen molar-refractivity contribution in [2.75, 3.05) is 5.75 Å². The molecule has 0 fully saturated rings. The van der Waals surface area contributed by atoms with Gasteiger partial charge in [0, 0.05) is 18.8 Å². The minimum Gasteiger partial charge on any atom is -0.480 e. The quantitative estimate of drug-likeness (QED) is 0.804. The van der Waals surface area contributed by atoms with E-state index in [2.05, 4.69) is 5.32 Å². The molecule has 1 amide bonds. The summed E-state index contributed by atoms with van der Waals surface area (Å²) >= 11 is 0. The van der Waals surface area contributed by atoms with Crippen LogP contribution in [0.25, 0.3) is 0 Å². The zero-order chi connectivity index (χ0) is 18.7. The average molecular weight is 373 g/mol. The molecule has 0 saturated heterocycles. The van der Waals surface area contributed by atoms with Gasteiger partial charge in [-0.2, -0.15) is 0 Å². The van der Waals surface area contributed by atoms with Crippen molar-refractivity contribution in [3.8, 4) is 0 Å². The summed E-state index contributed by atoms with van der Waals surface area (Å²) in [6.07, 6.45) is 0.107. The van der Waals surface area contributed by atoms with Crippen molar-refractivity contribution < 1.29 is 23.1 Å². The van der Waals surface area contributed by atoms with Crippen LogP contribution in [0.1, 0.15) is 23.5 Å². The maximum atomic E-state index is 12.4. The number of aliphatic carboxylic acids is 1. The van der Waals surface area contributed by atoms with Crippen LogP contribution in [0.2, 0.25) is 0 Å². The molecule has 0 saturated carbocycles. The lowest BCUT2D eigenvalue weighted by molar-refractivity contribution is -0.141. The Hall–Kier alpha value is -2.67. The molecule has 0 aliphatic carbocycles. The number of carboxylic acids is 1. The second-order valence-corrected chi connectivity index (χ2v) is 8.37. The van der Waals surface area contributed by atoms with Gasteiger partial charge in [0.15, 0.2) is 9.84 Å². The zero-order valence-corrected chi connectivity index (χ0v) is 14.8. The number of carbonyl (C=O) groups is 2.